The number of nitrogens with zero attached hydrogens (tertiary/aromatic N) is 3. The summed E-state index contributed by atoms with van der Waals surface area (Å²) in [6.07, 6.45) is 9.23. The first-order chi connectivity index (χ1) is 25.3. The maximum absolute atomic E-state index is 14.4. The van der Waals surface area contributed by atoms with Crippen molar-refractivity contribution in [2.75, 3.05) is 13.7 Å². The van der Waals surface area contributed by atoms with E-state index in [1.54, 1.807) is 12.0 Å². The molecule has 53 heavy (non-hydrogen) atoms. The van der Waals surface area contributed by atoms with Crippen molar-refractivity contribution in [3.8, 4) is 22.2 Å². The smallest absolute Gasteiger partial charge is 0.259 e. The molecule has 1 unspecified atom stereocenters. The Morgan fingerprint density at radius 3 is 2.60 bits per heavy atom. The first-order valence-corrected chi connectivity index (χ1v) is 21.2. The molecular weight excluding hydrogens is 715 g/mol. The number of carbonyl (C=O) groups is 3. The van der Waals surface area contributed by atoms with Crippen molar-refractivity contribution in [3.05, 3.63) is 47.0 Å². The maximum Gasteiger partial charge on any atom is 0.259 e. The van der Waals surface area contributed by atoms with Crippen LogP contribution in [0.2, 0.25) is 0 Å². The molecule has 14 heteroatoms. The van der Waals surface area contributed by atoms with Crippen LogP contribution >= 0.6 is 11.3 Å². The molecule has 5 atom stereocenters. The Morgan fingerprint density at radius 2 is 1.89 bits per heavy atom. The molecule has 4 heterocycles. The minimum atomic E-state index is -3.84. The second-order valence-corrected chi connectivity index (χ2v) is 18.2. The monoisotopic (exact) mass is 763 g/mol. The molecule has 7 rings (SSSR count). The minimum absolute atomic E-state index is 0.150. The predicted octanol–water partition coefficient (Wildman–Crippen LogP) is 5.79. The van der Waals surface area contributed by atoms with E-state index in [1.165, 1.54) is 11.3 Å². The number of hydrogen-bond acceptors (Lipinski definition) is 10. The lowest BCUT2D eigenvalue weighted by atomic mass is 9.98. The van der Waals surface area contributed by atoms with Gasteiger partial charge < -0.3 is 19.7 Å². The molecule has 284 valence electrons. The van der Waals surface area contributed by atoms with Crippen molar-refractivity contribution < 1.29 is 32.3 Å². The molecule has 3 aromatic rings. The fourth-order valence-corrected chi connectivity index (χ4v) is 9.94. The quantitative estimate of drug-likeness (QED) is 0.271. The maximum atomic E-state index is 14.4. The van der Waals surface area contributed by atoms with Crippen LogP contribution in [0.3, 0.4) is 0 Å². The van der Waals surface area contributed by atoms with Crippen molar-refractivity contribution in [1.29, 1.82) is 0 Å². The molecule has 12 nitrogen and oxygen atoms in total. The second-order valence-electron chi connectivity index (χ2n) is 15.4. The van der Waals surface area contributed by atoms with Crippen LogP contribution in [-0.2, 0) is 24.4 Å². The lowest BCUT2D eigenvalue weighted by Crippen LogP contribution is -2.57. The van der Waals surface area contributed by atoms with Crippen LogP contribution in [-0.4, -0.2) is 77.6 Å². The third-order valence-corrected chi connectivity index (χ3v) is 13.9. The Balaban J connectivity index is 1.22. The molecule has 2 saturated carbocycles. The lowest BCUT2D eigenvalue weighted by molar-refractivity contribution is -0.140. The Labute approximate surface area is 315 Å². The Morgan fingerprint density at radius 1 is 1.11 bits per heavy atom. The number of allylic oxidation sites excluding steroid dienone is 1. The van der Waals surface area contributed by atoms with Crippen molar-refractivity contribution >= 4 is 50.0 Å². The summed E-state index contributed by atoms with van der Waals surface area (Å²) >= 11 is 1.51. The standard InChI is InChI=1S/C39H49N5O7S2/c1-22(2)29-21-52-37(41-29)28-18-31(27-16-17-30(50-5)23(3)34(27)40-28)51-32-20-44-33(45)13-11-9-7-6-8-10-12-25-19-39(25,42-36(46)35(44)24(32)4)38(47)43-53(48,49)26-14-15-26/h10,12,16-18,21-22,24-26,32,35H,6-9,11,13-15,19-20H2,1-5H3,(H,42,46)(H,43,47)/b12-10-/t24?,25-,32+,35+,39-/m1/s1. The summed E-state index contributed by atoms with van der Waals surface area (Å²) in [5.74, 6) is -0.709. The fourth-order valence-electron chi connectivity index (χ4n) is 7.64. The number of methoxy groups -OCH3 is 1. The SMILES string of the molecule is COc1ccc2c(O[C@H]3CN4C(=O)CCCCCC/C=C\[C@@H]5C[C@@]5(C(=O)NS(=O)(=O)C5CC5)NC(=O)[C@@H]4C3C)cc(-c3nc(C(C)C)cs3)nc2c1C. The number of pyridine rings is 1. The first kappa shape index (κ1) is 37.3. The molecule has 3 amide bonds. The highest BCUT2D eigenvalue weighted by Gasteiger charge is 2.62. The van der Waals surface area contributed by atoms with Gasteiger partial charge in [-0.15, -0.1) is 11.3 Å². The zero-order valence-electron chi connectivity index (χ0n) is 31.0. The first-order valence-electron chi connectivity index (χ1n) is 18.8. The van der Waals surface area contributed by atoms with E-state index in [0.29, 0.717) is 42.0 Å². The average molecular weight is 764 g/mol. The largest absolute Gasteiger partial charge is 0.496 e. The van der Waals surface area contributed by atoms with Crippen molar-refractivity contribution in [2.24, 2.45) is 11.8 Å². The molecule has 0 spiro atoms. The van der Waals surface area contributed by atoms with Crippen LogP contribution in [0, 0.1) is 18.8 Å². The van der Waals surface area contributed by atoms with Crippen LogP contribution < -0.4 is 19.5 Å². The van der Waals surface area contributed by atoms with E-state index in [2.05, 4.69) is 23.9 Å². The van der Waals surface area contributed by atoms with Crippen molar-refractivity contribution in [1.82, 2.24) is 24.9 Å². The highest BCUT2D eigenvalue weighted by atomic mass is 32.2. The molecule has 0 bridgehead atoms. The third-order valence-electron chi connectivity index (χ3n) is 11.2. The van der Waals surface area contributed by atoms with Crippen molar-refractivity contribution in [2.45, 2.75) is 114 Å². The minimum Gasteiger partial charge on any atom is -0.496 e. The number of carbonyl (C=O) groups excluding carboxylic acids is 3. The molecule has 2 N–H and O–H groups in total. The summed E-state index contributed by atoms with van der Waals surface area (Å²) < 4.78 is 40.4. The number of rotatable bonds is 8. The predicted molar refractivity (Wildman–Crippen MR) is 203 cm³/mol. The van der Waals surface area contributed by atoms with E-state index in [9.17, 15) is 22.8 Å². The lowest BCUT2D eigenvalue weighted by Gasteiger charge is -2.28. The molecule has 1 aromatic carbocycles. The van der Waals surface area contributed by atoms with Gasteiger partial charge in [-0.25, -0.2) is 18.4 Å². The summed E-state index contributed by atoms with van der Waals surface area (Å²) in [6.45, 7) is 8.19. The molecule has 3 fully saturated rings. The molecule has 0 radical (unpaired) electrons. The third kappa shape index (κ3) is 7.41. The summed E-state index contributed by atoms with van der Waals surface area (Å²) in [5, 5.41) is 5.94. The average Bonchev–Trinajstić information content (AvgIpc) is 4.01. The zero-order chi connectivity index (χ0) is 37.7. The Bertz CT molecular complexity index is 2060. The number of hydrogen-bond donors (Lipinski definition) is 2. The van der Waals surface area contributed by atoms with Gasteiger partial charge in [0.05, 0.1) is 30.1 Å². The van der Waals surface area contributed by atoms with Gasteiger partial charge in [-0.1, -0.05) is 45.8 Å². The van der Waals surface area contributed by atoms with Gasteiger partial charge in [-0.2, -0.15) is 0 Å². The zero-order valence-corrected chi connectivity index (χ0v) is 32.6. The van der Waals surface area contributed by atoms with Crippen LogP contribution in [0.15, 0.2) is 35.7 Å². The number of benzene rings is 1. The van der Waals surface area contributed by atoms with Crippen LogP contribution in [0.1, 0.15) is 95.7 Å². The second kappa shape index (κ2) is 14.7. The number of thiazole rings is 1. The van der Waals surface area contributed by atoms with Crippen molar-refractivity contribution in [3.63, 3.8) is 0 Å². The van der Waals surface area contributed by atoms with E-state index in [1.807, 2.05) is 49.6 Å². The van der Waals surface area contributed by atoms with Gasteiger partial charge in [0.25, 0.3) is 5.91 Å². The van der Waals surface area contributed by atoms with E-state index in [4.69, 9.17) is 19.4 Å². The van der Waals surface area contributed by atoms with Crippen LogP contribution in [0.25, 0.3) is 21.6 Å². The summed E-state index contributed by atoms with van der Waals surface area (Å²) in [5.41, 5.74) is 1.75. The number of aryl methyl sites for hydroxylation is 1. The van der Waals surface area contributed by atoms with E-state index in [0.717, 1.165) is 47.3 Å². The van der Waals surface area contributed by atoms with Gasteiger partial charge >= 0.3 is 0 Å². The molecule has 2 aromatic heterocycles. The summed E-state index contributed by atoms with van der Waals surface area (Å²) in [4.78, 5) is 53.5. The van der Waals surface area contributed by atoms with Gasteiger partial charge in [0.15, 0.2) is 0 Å². The number of aromatic nitrogens is 2. The number of amides is 3. The van der Waals surface area contributed by atoms with E-state index < -0.39 is 50.7 Å². The normalized spacial score (nSPS) is 27.3. The summed E-state index contributed by atoms with van der Waals surface area (Å²) in [7, 11) is -2.22. The topological polar surface area (TPSA) is 157 Å². The highest BCUT2D eigenvalue weighted by molar-refractivity contribution is 7.91. The van der Waals surface area contributed by atoms with Crippen LogP contribution in [0.5, 0.6) is 11.5 Å². The van der Waals surface area contributed by atoms with Gasteiger partial charge in [0.2, 0.25) is 21.8 Å². The molecule has 1 saturated heterocycles. The van der Waals surface area contributed by atoms with Gasteiger partial charge in [-0.05, 0) is 63.5 Å². The van der Waals surface area contributed by atoms with Gasteiger partial charge in [0, 0.05) is 40.7 Å². The molecule has 2 aliphatic heterocycles. The Kier molecular flexibility index (Phi) is 10.3. The van der Waals surface area contributed by atoms with E-state index >= 15 is 0 Å². The number of ether oxygens (including phenoxy) is 2. The highest BCUT2D eigenvalue weighted by Crippen LogP contribution is 2.46. The Hall–Kier alpha value is -4.04. The van der Waals surface area contributed by atoms with Crippen LogP contribution in [0.4, 0.5) is 0 Å². The fraction of sp³-hybridized carbons (Fsp3) is 0.564. The van der Waals surface area contributed by atoms with Gasteiger partial charge in [-0.3, -0.25) is 19.1 Å². The molecule has 4 aliphatic rings. The molecular formula is C39H49N5O7S2. The van der Waals surface area contributed by atoms with Gasteiger partial charge in [0.1, 0.15) is 39.9 Å². The van der Waals surface area contributed by atoms with E-state index in [-0.39, 0.29) is 37.1 Å². The summed E-state index contributed by atoms with van der Waals surface area (Å²) in [6, 6.07) is 4.72. The number of fused-ring (bicyclic) bond motifs is 3. The number of sulfonamides is 1. The molecule has 2 aliphatic carbocycles. The number of nitrogens with one attached hydrogen (secondary N) is 2.